The van der Waals surface area contributed by atoms with Crippen molar-refractivity contribution in [2.75, 3.05) is 0 Å². The summed E-state index contributed by atoms with van der Waals surface area (Å²) in [6.45, 7) is 9.16. The van der Waals surface area contributed by atoms with Crippen LogP contribution < -0.4 is 3.27 Å². The molecule has 0 radical (unpaired) electrons. The quantitative estimate of drug-likeness (QED) is 0.217. The summed E-state index contributed by atoms with van der Waals surface area (Å²) in [6, 6.07) is 30.0. The van der Waals surface area contributed by atoms with Gasteiger partial charge >= 0.3 is 224 Å². The van der Waals surface area contributed by atoms with Crippen LogP contribution in [0.2, 0.25) is 0 Å². The zero-order valence-electron chi connectivity index (χ0n) is 21.7. The van der Waals surface area contributed by atoms with E-state index in [9.17, 15) is 0 Å². The Kier molecular flexibility index (Phi) is 6.22. The Morgan fingerprint density at radius 2 is 1.31 bits per heavy atom. The zero-order valence-corrected chi connectivity index (χ0v) is 24.1. The first-order valence-electron chi connectivity index (χ1n) is 13.0. The van der Waals surface area contributed by atoms with Crippen LogP contribution in [0.15, 0.2) is 100 Å². The van der Waals surface area contributed by atoms with Gasteiger partial charge in [-0.25, -0.2) is 0 Å². The maximum absolute atomic E-state index is 2.59. The van der Waals surface area contributed by atoms with E-state index in [1.165, 1.54) is 50.1 Å². The van der Waals surface area contributed by atoms with Crippen molar-refractivity contribution in [2.24, 2.45) is 0 Å². The van der Waals surface area contributed by atoms with Crippen LogP contribution in [0.25, 0.3) is 11.1 Å². The van der Waals surface area contributed by atoms with Crippen molar-refractivity contribution in [3.63, 3.8) is 0 Å². The normalized spacial score (nSPS) is 13.4. The Morgan fingerprint density at radius 1 is 0.667 bits per heavy atom. The molecule has 0 aromatic heterocycles. The van der Waals surface area contributed by atoms with Crippen LogP contribution in [0.1, 0.15) is 50.9 Å². The number of fused-ring (bicyclic) bond motifs is 3. The molecule has 36 heavy (non-hydrogen) atoms. The van der Waals surface area contributed by atoms with Gasteiger partial charge in [0.05, 0.1) is 0 Å². The molecule has 6 rings (SSSR count). The molecule has 0 saturated heterocycles. The molecule has 0 nitrogen and oxygen atoms in total. The molecule has 0 unspecified atom stereocenters. The number of rotatable bonds is 4. The van der Waals surface area contributed by atoms with Gasteiger partial charge in [-0.1, -0.05) is 0 Å². The molecule has 0 heterocycles. The fraction of sp³-hybridized carbons (Fsp3) is 0.171. The maximum atomic E-state index is 2.48. The molecule has 4 aromatic rings. The van der Waals surface area contributed by atoms with E-state index in [-0.39, 0.29) is 0 Å². The van der Waals surface area contributed by atoms with Crippen molar-refractivity contribution >= 4 is 6.48 Å². The molecule has 0 spiro atoms. The van der Waals surface area contributed by atoms with E-state index >= 15 is 0 Å². The SMILES string of the molecule is Cc1cccc([C](c2cccc(C)c2C)=[Zr]([C]2=CC=CC2)[c]2cccc3c2Cc2ccccc2-3)c1C. The van der Waals surface area contributed by atoms with Gasteiger partial charge in [0.1, 0.15) is 0 Å². The van der Waals surface area contributed by atoms with Crippen LogP contribution in [0.5, 0.6) is 0 Å². The molecule has 176 valence electrons. The van der Waals surface area contributed by atoms with E-state index in [0.717, 1.165) is 12.8 Å². The minimum absolute atomic E-state index is 1.05. The average Bonchev–Trinajstić information content (AvgIpc) is 3.55. The van der Waals surface area contributed by atoms with Crippen molar-refractivity contribution in [2.45, 2.75) is 40.5 Å². The minimum atomic E-state index is -2.59. The fourth-order valence-corrected chi connectivity index (χ4v) is 14.3. The van der Waals surface area contributed by atoms with E-state index in [2.05, 4.69) is 125 Å². The van der Waals surface area contributed by atoms with Gasteiger partial charge in [0.2, 0.25) is 0 Å². The first kappa shape index (κ1) is 23.5. The van der Waals surface area contributed by atoms with Gasteiger partial charge in [-0.15, -0.1) is 0 Å². The second kappa shape index (κ2) is 9.53. The van der Waals surface area contributed by atoms with Crippen LogP contribution in [0.4, 0.5) is 0 Å². The number of aryl methyl sites for hydroxylation is 2. The molecule has 0 saturated carbocycles. The van der Waals surface area contributed by atoms with Crippen molar-refractivity contribution in [1.82, 2.24) is 0 Å². The molecular weight excluding hydrogens is 512 g/mol. The standard InChI is InChI=1S/C17H18.C13H9.C5H5.Zr/c1-12-7-5-9-16(14(12)3)11-17-10-6-8-13(2)15(17)4;1-3-7-12-10(5-1)9-11-6-2-4-8-13(11)12;1-2-4-5-3-1;/h5-10H,1-4H3;1-5,7-8H,9H2;1-3H,4H2;. The Morgan fingerprint density at radius 3 is 1.97 bits per heavy atom. The van der Waals surface area contributed by atoms with Crippen LogP contribution in [-0.2, 0) is 27.7 Å². The van der Waals surface area contributed by atoms with E-state index in [1.807, 2.05) is 0 Å². The first-order chi connectivity index (χ1) is 17.5. The molecule has 0 fully saturated rings. The summed E-state index contributed by atoms with van der Waals surface area (Å²) in [4.78, 5) is 0. The summed E-state index contributed by atoms with van der Waals surface area (Å²) in [5.41, 5.74) is 14.4. The third kappa shape index (κ3) is 3.89. The molecule has 1 heteroatoms. The van der Waals surface area contributed by atoms with Gasteiger partial charge < -0.3 is 0 Å². The Labute approximate surface area is 223 Å². The van der Waals surface area contributed by atoms with E-state index < -0.39 is 21.3 Å². The summed E-state index contributed by atoms with van der Waals surface area (Å²) in [5.74, 6) is 0. The van der Waals surface area contributed by atoms with Gasteiger partial charge in [-0.2, -0.15) is 0 Å². The molecule has 0 N–H and O–H groups in total. The molecule has 0 atom stereocenters. The molecule has 0 amide bonds. The summed E-state index contributed by atoms with van der Waals surface area (Å²) >= 11 is -2.59. The molecule has 4 aromatic carbocycles. The second-order valence-corrected chi connectivity index (χ2v) is 16.2. The van der Waals surface area contributed by atoms with Crippen LogP contribution in [0, 0.1) is 27.7 Å². The van der Waals surface area contributed by atoms with Crippen molar-refractivity contribution in [3.05, 3.63) is 145 Å². The van der Waals surface area contributed by atoms with Gasteiger partial charge in [0.15, 0.2) is 0 Å². The molecule has 2 aliphatic rings. The first-order valence-corrected chi connectivity index (χ1v) is 16.7. The summed E-state index contributed by atoms with van der Waals surface area (Å²) in [6.07, 6.45) is 9.24. The summed E-state index contributed by atoms with van der Waals surface area (Å²) < 4.78 is 4.97. The van der Waals surface area contributed by atoms with Crippen molar-refractivity contribution in [1.29, 1.82) is 0 Å². The van der Waals surface area contributed by atoms with Crippen molar-refractivity contribution < 1.29 is 21.3 Å². The monoisotopic (exact) mass is 542 g/mol. The number of hydrogen-bond acceptors (Lipinski definition) is 0. The number of allylic oxidation sites excluding steroid dienone is 4. The fourth-order valence-electron chi connectivity index (χ4n) is 5.95. The Hall–Kier alpha value is -2.89. The third-order valence-corrected chi connectivity index (χ3v) is 15.7. The zero-order chi connectivity index (χ0) is 24.8. The summed E-state index contributed by atoms with van der Waals surface area (Å²) in [7, 11) is 0. The number of hydrogen-bond donors (Lipinski definition) is 0. The van der Waals surface area contributed by atoms with Gasteiger partial charge in [0, 0.05) is 0 Å². The Balaban J connectivity index is 1.74. The topological polar surface area (TPSA) is 0 Å². The average molecular weight is 544 g/mol. The second-order valence-electron chi connectivity index (χ2n) is 10.2. The predicted molar refractivity (Wildman–Crippen MR) is 151 cm³/mol. The molecule has 2 aliphatic carbocycles. The predicted octanol–water partition coefficient (Wildman–Crippen LogP) is 7.85. The van der Waals surface area contributed by atoms with E-state index in [1.54, 1.807) is 15.3 Å². The van der Waals surface area contributed by atoms with Gasteiger partial charge in [0.25, 0.3) is 0 Å². The molecule has 0 aliphatic heterocycles. The summed E-state index contributed by atoms with van der Waals surface area (Å²) in [5, 5.41) is 0. The Bertz CT molecular complexity index is 1560. The third-order valence-electron chi connectivity index (χ3n) is 8.21. The molecule has 0 bridgehead atoms. The van der Waals surface area contributed by atoms with Crippen LogP contribution >= 0.6 is 0 Å². The van der Waals surface area contributed by atoms with E-state index in [4.69, 9.17) is 0 Å². The van der Waals surface area contributed by atoms with Crippen LogP contribution in [-0.4, -0.2) is 3.21 Å². The van der Waals surface area contributed by atoms with Gasteiger partial charge in [-0.05, 0) is 0 Å². The van der Waals surface area contributed by atoms with Gasteiger partial charge in [-0.3, -0.25) is 0 Å². The number of benzene rings is 4. The van der Waals surface area contributed by atoms with E-state index in [0.29, 0.717) is 0 Å². The molecular formula is C35H32Zr. The van der Waals surface area contributed by atoms with Crippen molar-refractivity contribution in [3.8, 4) is 11.1 Å². The van der Waals surface area contributed by atoms with Crippen LogP contribution in [0.3, 0.4) is 0 Å².